The van der Waals surface area contributed by atoms with Crippen molar-refractivity contribution in [2.45, 2.75) is 19.3 Å². The molecule has 30 heavy (non-hydrogen) atoms. The zero-order chi connectivity index (χ0) is 20.9. The van der Waals surface area contributed by atoms with E-state index in [4.69, 9.17) is 9.72 Å². The van der Waals surface area contributed by atoms with Crippen LogP contribution in [-0.2, 0) is 24.0 Å². The van der Waals surface area contributed by atoms with Crippen molar-refractivity contribution in [2.75, 3.05) is 58.4 Å². The maximum absolute atomic E-state index is 12.6. The highest BCUT2D eigenvalue weighted by Gasteiger charge is 2.28. The Morgan fingerprint density at radius 1 is 1.20 bits per heavy atom. The van der Waals surface area contributed by atoms with Crippen LogP contribution in [0.25, 0.3) is 0 Å². The molecule has 4 rings (SSSR count). The second-order valence-electron chi connectivity index (χ2n) is 8.43. The van der Waals surface area contributed by atoms with Crippen LogP contribution >= 0.6 is 0 Å². The SMILES string of the molecule is CN(C)CC1COCCN(c2nc(CCc3ccccc3)nc3c2CCNC3=O)C1. The van der Waals surface area contributed by atoms with Gasteiger partial charge < -0.3 is 19.9 Å². The van der Waals surface area contributed by atoms with Crippen LogP contribution in [0.3, 0.4) is 0 Å². The first-order valence-electron chi connectivity index (χ1n) is 10.8. The summed E-state index contributed by atoms with van der Waals surface area (Å²) in [5.74, 6) is 1.97. The van der Waals surface area contributed by atoms with Crippen molar-refractivity contribution < 1.29 is 9.53 Å². The Hall–Kier alpha value is -2.51. The summed E-state index contributed by atoms with van der Waals surface area (Å²) < 4.78 is 5.87. The van der Waals surface area contributed by atoms with Gasteiger partial charge in [0.1, 0.15) is 17.3 Å². The lowest BCUT2D eigenvalue weighted by molar-refractivity contribution is 0.0940. The number of hydrogen-bond acceptors (Lipinski definition) is 6. The first kappa shape index (κ1) is 20.8. The minimum Gasteiger partial charge on any atom is -0.379 e. The first-order chi connectivity index (χ1) is 14.6. The molecule has 0 spiro atoms. The molecule has 2 aliphatic heterocycles. The molecule has 1 N–H and O–H groups in total. The molecule has 1 amide bonds. The predicted octanol–water partition coefficient (Wildman–Crippen LogP) is 1.56. The Bertz CT molecular complexity index is 871. The number of nitrogens with one attached hydrogen (secondary N) is 1. The summed E-state index contributed by atoms with van der Waals surface area (Å²) in [6.45, 7) is 4.69. The zero-order valence-electron chi connectivity index (χ0n) is 17.9. The van der Waals surface area contributed by atoms with E-state index in [1.165, 1.54) is 5.56 Å². The number of benzene rings is 1. The van der Waals surface area contributed by atoms with Gasteiger partial charge in [0.15, 0.2) is 0 Å². The number of aryl methyl sites for hydroxylation is 2. The molecule has 160 valence electrons. The molecule has 7 nitrogen and oxygen atoms in total. The maximum atomic E-state index is 12.6. The summed E-state index contributed by atoms with van der Waals surface area (Å²) in [4.78, 5) is 26.7. The number of carbonyl (C=O) groups is 1. The van der Waals surface area contributed by atoms with Crippen LogP contribution < -0.4 is 10.2 Å². The Labute approximate surface area is 178 Å². The summed E-state index contributed by atoms with van der Waals surface area (Å²) >= 11 is 0. The molecule has 1 saturated heterocycles. The van der Waals surface area contributed by atoms with E-state index in [-0.39, 0.29) is 5.91 Å². The maximum Gasteiger partial charge on any atom is 0.270 e. The van der Waals surface area contributed by atoms with Gasteiger partial charge in [-0.15, -0.1) is 0 Å². The highest BCUT2D eigenvalue weighted by atomic mass is 16.5. The molecule has 7 heteroatoms. The lowest BCUT2D eigenvalue weighted by Crippen LogP contribution is -2.39. The van der Waals surface area contributed by atoms with Gasteiger partial charge in [-0.1, -0.05) is 30.3 Å². The fourth-order valence-electron chi connectivity index (χ4n) is 4.29. The van der Waals surface area contributed by atoms with Crippen LogP contribution in [0.5, 0.6) is 0 Å². The van der Waals surface area contributed by atoms with Crippen LogP contribution in [0.2, 0.25) is 0 Å². The van der Waals surface area contributed by atoms with Gasteiger partial charge in [0.25, 0.3) is 5.91 Å². The van der Waals surface area contributed by atoms with Gasteiger partial charge in [-0.2, -0.15) is 0 Å². The molecule has 0 bridgehead atoms. The summed E-state index contributed by atoms with van der Waals surface area (Å²) in [5.41, 5.74) is 2.77. The van der Waals surface area contributed by atoms with Crippen molar-refractivity contribution in [1.82, 2.24) is 20.2 Å². The number of carbonyl (C=O) groups excluding carboxylic acids is 1. The van der Waals surface area contributed by atoms with Crippen LogP contribution in [0.4, 0.5) is 5.82 Å². The molecule has 3 heterocycles. The Kier molecular flexibility index (Phi) is 6.59. The molecule has 1 fully saturated rings. The minimum absolute atomic E-state index is 0.0863. The van der Waals surface area contributed by atoms with Crippen molar-refractivity contribution in [3.05, 3.63) is 53.0 Å². The highest BCUT2D eigenvalue weighted by molar-refractivity contribution is 5.96. The molecular weight excluding hydrogens is 378 g/mol. The quantitative estimate of drug-likeness (QED) is 0.781. The van der Waals surface area contributed by atoms with Gasteiger partial charge in [0.05, 0.1) is 13.2 Å². The molecule has 0 radical (unpaired) electrons. The van der Waals surface area contributed by atoms with E-state index in [9.17, 15) is 4.79 Å². The number of anilines is 1. The van der Waals surface area contributed by atoms with Crippen molar-refractivity contribution in [3.8, 4) is 0 Å². The molecule has 1 aromatic heterocycles. The minimum atomic E-state index is -0.0863. The topological polar surface area (TPSA) is 70.6 Å². The highest BCUT2D eigenvalue weighted by Crippen LogP contribution is 2.26. The van der Waals surface area contributed by atoms with Gasteiger partial charge >= 0.3 is 0 Å². The average molecular weight is 410 g/mol. The molecular formula is C23H31N5O2. The zero-order valence-corrected chi connectivity index (χ0v) is 17.9. The molecule has 1 atom stereocenters. The molecule has 2 aliphatic rings. The first-order valence-corrected chi connectivity index (χ1v) is 10.8. The molecule has 1 unspecified atom stereocenters. The largest absolute Gasteiger partial charge is 0.379 e. The Balaban J connectivity index is 1.63. The van der Waals surface area contributed by atoms with E-state index >= 15 is 0 Å². The molecule has 1 aromatic carbocycles. The molecule has 0 aliphatic carbocycles. The van der Waals surface area contributed by atoms with Gasteiger partial charge in [0, 0.05) is 44.1 Å². The van der Waals surface area contributed by atoms with Crippen LogP contribution in [0, 0.1) is 5.92 Å². The normalized spacial score (nSPS) is 19.4. The third-order valence-corrected chi connectivity index (χ3v) is 5.65. The lowest BCUT2D eigenvalue weighted by atomic mass is 10.0. The number of hydrogen-bond donors (Lipinski definition) is 1. The third kappa shape index (κ3) is 4.96. The van der Waals surface area contributed by atoms with E-state index < -0.39 is 0 Å². The standard InChI is InChI=1S/C23H31N5O2/c1-27(2)14-18-15-28(12-13-30-16-18)22-19-10-11-24-23(29)21(19)25-20(26-22)9-8-17-6-4-3-5-7-17/h3-7,18H,8-16H2,1-2H3,(H,24,29). The smallest absolute Gasteiger partial charge is 0.270 e. The van der Waals surface area contributed by atoms with E-state index in [2.05, 4.69) is 46.3 Å². The number of fused-ring (bicyclic) bond motifs is 1. The number of rotatable bonds is 6. The van der Waals surface area contributed by atoms with E-state index in [0.717, 1.165) is 56.3 Å². The summed E-state index contributed by atoms with van der Waals surface area (Å²) in [5, 5.41) is 2.94. The second kappa shape index (κ2) is 9.53. The number of aromatic nitrogens is 2. The Morgan fingerprint density at radius 2 is 2.03 bits per heavy atom. The van der Waals surface area contributed by atoms with Crippen molar-refractivity contribution in [2.24, 2.45) is 5.92 Å². The summed E-state index contributed by atoms with van der Waals surface area (Å²) in [7, 11) is 4.18. The fraction of sp³-hybridized carbons (Fsp3) is 0.522. The monoisotopic (exact) mass is 409 g/mol. The van der Waals surface area contributed by atoms with Crippen LogP contribution in [0.1, 0.15) is 27.4 Å². The van der Waals surface area contributed by atoms with E-state index in [1.54, 1.807) is 0 Å². The number of amides is 1. The Morgan fingerprint density at radius 3 is 2.83 bits per heavy atom. The third-order valence-electron chi connectivity index (χ3n) is 5.65. The van der Waals surface area contributed by atoms with Gasteiger partial charge in [-0.25, -0.2) is 9.97 Å². The fourth-order valence-corrected chi connectivity index (χ4v) is 4.29. The van der Waals surface area contributed by atoms with Crippen molar-refractivity contribution >= 4 is 11.7 Å². The van der Waals surface area contributed by atoms with Gasteiger partial charge in [0.2, 0.25) is 0 Å². The van der Waals surface area contributed by atoms with E-state index in [1.807, 2.05) is 18.2 Å². The van der Waals surface area contributed by atoms with Crippen molar-refractivity contribution in [3.63, 3.8) is 0 Å². The van der Waals surface area contributed by atoms with Crippen LogP contribution in [-0.4, -0.2) is 74.3 Å². The molecule has 0 saturated carbocycles. The number of nitrogens with zero attached hydrogens (tertiary/aromatic N) is 4. The number of ether oxygens (including phenoxy) is 1. The summed E-state index contributed by atoms with van der Waals surface area (Å²) in [6.07, 6.45) is 2.33. The second-order valence-corrected chi connectivity index (χ2v) is 8.43. The van der Waals surface area contributed by atoms with Gasteiger partial charge in [-0.3, -0.25) is 4.79 Å². The van der Waals surface area contributed by atoms with Crippen molar-refractivity contribution in [1.29, 1.82) is 0 Å². The summed E-state index contributed by atoms with van der Waals surface area (Å²) in [6, 6.07) is 10.3. The predicted molar refractivity (Wildman–Crippen MR) is 117 cm³/mol. The lowest BCUT2D eigenvalue weighted by Gasteiger charge is -2.30. The van der Waals surface area contributed by atoms with Crippen LogP contribution in [0.15, 0.2) is 30.3 Å². The average Bonchev–Trinajstić information content (AvgIpc) is 2.98. The van der Waals surface area contributed by atoms with Gasteiger partial charge in [-0.05, 0) is 32.5 Å². The van der Waals surface area contributed by atoms with E-state index in [0.29, 0.717) is 31.2 Å². The molecule has 2 aromatic rings.